The fourth-order valence-electron chi connectivity index (χ4n) is 1.57. The van der Waals surface area contributed by atoms with E-state index < -0.39 is 0 Å². The van der Waals surface area contributed by atoms with Crippen LogP contribution in [0.3, 0.4) is 0 Å². The Morgan fingerprint density at radius 1 is 1.41 bits per heavy atom. The molecule has 0 aliphatic carbocycles. The second-order valence-electron chi connectivity index (χ2n) is 3.77. The first-order chi connectivity index (χ1) is 8.20. The second-order valence-corrected chi connectivity index (χ2v) is 4.18. The van der Waals surface area contributed by atoms with Gasteiger partial charge in [0.25, 0.3) is 0 Å². The molecule has 0 radical (unpaired) electrons. The number of aromatic nitrogens is 2. The summed E-state index contributed by atoms with van der Waals surface area (Å²) in [6, 6.07) is 7.37. The van der Waals surface area contributed by atoms with Gasteiger partial charge in [0, 0.05) is 13.2 Å². The van der Waals surface area contributed by atoms with Crippen molar-refractivity contribution in [3.63, 3.8) is 0 Å². The summed E-state index contributed by atoms with van der Waals surface area (Å²) in [5.41, 5.74) is 2.72. The average Bonchev–Trinajstić information content (AvgIpc) is 2.74. The van der Waals surface area contributed by atoms with Crippen LogP contribution in [0.15, 0.2) is 30.5 Å². The third kappa shape index (κ3) is 2.78. The van der Waals surface area contributed by atoms with Gasteiger partial charge in [-0.05, 0) is 23.8 Å². The Morgan fingerprint density at radius 3 is 2.88 bits per heavy atom. The molecule has 1 heterocycles. The van der Waals surface area contributed by atoms with Crippen LogP contribution in [0.4, 0.5) is 5.69 Å². The van der Waals surface area contributed by atoms with Crippen molar-refractivity contribution in [2.45, 2.75) is 13.2 Å². The van der Waals surface area contributed by atoms with E-state index in [-0.39, 0.29) is 6.61 Å². The summed E-state index contributed by atoms with van der Waals surface area (Å²) < 4.78 is 1.80. The van der Waals surface area contributed by atoms with Gasteiger partial charge in [0.05, 0.1) is 29.6 Å². The topological polar surface area (TPSA) is 50.1 Å². The van der Waals surface area contributed by atoms with Gasteiger partial charge in [-0.1, -0.05) is 17.7 Å². The molecule has 0 amide bonds. The Hall–Kier alpha value is -1.52. The minimum Gasteiger partial charge on any atom is -0.392 e. The standard InChI is InChI=1S/C12H14ClN3O/c1-16-10(4-5-15-16)7-14-12-6-9(8-17)2-3-11(12)13/h2-6,14,17H,7-8H2,1H3. The number of anilines is 1. The summed E-state index contributed by atoms with van der Waals surface area (Å²) in [5, 5.41) is 17.0. The third-order valence-electron chi connectivity index (χ3n) is 2.60. The summed E-state index contributed by atoms with van der Waals surface area (Å²) in [5.74, 6) is 0. The molecular weight excluding hydrogens is 238 g/mol. The van der Waals surface area contributed by atoms with Gasteiger partial charge >= 0.3 is 0 Å². The molecule has 2 N–H and O–H groups in total. The maximum atomic E-state index is 9.06. The van der Waals surface area contributed by atoms with Crippen LogP contribution in [0.25, 0.3) is 0 Å². The van der Waals surface area contributed by atoms with Crippen LogP contribution in [-0.4, -0.2) is 14.9 Å². The molecule has 0 unspecified atom stereocenters. The summed E-state index contributed by atoms with van der Waals surface area (Å²) >= 11 is 6.07. The fourth-order valence-corrected chi connectivity index (χ4v) is 1.75. The Balaban J connectivity index is 2.11. The Bertz CT molecular complexity index is 510. The van der Waals surface area contributed by atoms with Gasteiger partial charge in [-0.2, -0.15) is 5.10 Å². The molecule has 0 atom stereocenters. The summed E-state index contributed by atoms with van der Waals surface area (Å²) in [7, 11) is 1.89. The van der Waals surface area contributed by atoms with E-state index in [2.05, 4.69) is 10.4 Å². The minimum atomic E-state index is 0.0115. The number of rotatable bonds is 4. The van der Waals surface area contributed by atoms with Crippen molar-refractivity contribution < 1.29 is 5.11 Å². The number of nitrogens with zero attached hydrogens (tertiary/aromatic N) is 2. The zero-order valence-electron chi connectivity index (χ0n) is 9.52. The molecule has 90 valence electrons. The van der Waals surface area contributed by atoms with E-state index in [4.69, 9.17) is 16.7 Å². The zero-order valence-corrected chi connectivity index (χ0v) is 10.3. The Morgan fingerprint density at radius 2 is 2.24 bits per heavy atom. The van der Waals surface area contributed by atoms with E-state index in [1.54, 1.807) is 23.0 Å². The number of hydrogen-bond donors (Lipinski definition) is 2. The molecule has 1 aromatic carbocycles. The normalized spacial score (nSPS) is 10.5. The maximum absolute atomic E-state index is 9.06. The van der Waals surface area contributed by atoms with Gasteiger partial charge in [0.1, 0.15) is 0 Å². The van der Waals surface area contributed by atoms with Crippen LogP contribution in [0.1, 0.15) is 11.3 Å². The quantitative estimate of drug-likeness (QED) is 0.876. The number of aliphatic hydroxyl groups excluding tert-OH is 1. The first-order valence-electron chi connectivity index (χ1n) is 5.30. The Kier molecular flexibility index (Phi) is 3.66. The monoisotopic (exact) mass is 251 g/mol. The van der Waals surface area contributed by atoms with Crippen molar-refractivity contribution in [2.24, 2.45) is 7.05 Å². The summed E-state index contributed by atoms with van der Waals surface area (Å²) in [4.78, 5) is 0. The molecule has 0 aliphatic heterocycles. The summed E-state index contributed by atoms with van der Waals surface area (Å²) in [6.45, 7) is 0.655. The predicted octanol–water partition coefficient (Wildman–Crippen LogP) is 2.18. The molecule has 0 saturated heterocycles. The minimum absolute atomic E-state index is 0.0115. The first kappa shape index (κ1) is 12.0. The molecule has 0 fully saturated rings. The van der Waals surface area contributed by atoms with E-state index >= 15 is 0 Å². The molecule has 0 saturated carbocycles. The van der Waals surface area contributed by atoms with Crippen LogP contribution in [0, 0.1) is 0 Å². The number of halogens is 1. The smallest absolute Gasteiger partial charge is 0.0682 e. The number of aliphatic hydroxyl groups is 1. The molecular formula is C12H14ClN3O. The van der Waals surface area contributed by atoms with E-state index in [9.17, 15) is 0 Å². The molecule has 0 aliphatic rings. The second kappa shape index (κ2) is 5.21. The van der Waals surface area contributed by atoms with Crippen LogP contribution < -0.4 is 5.32 Å². The molecule has 1 aromatic heterocycles. The largest absolute Gasteiger partial charge is 0.392 e. The van der Waals surface area contributed by atoms with Gasteiger partial charge in [-0.3, -0.25) is 4.68 Å². The van der Waals surface area contributed by atoms with Crippen molar-refractivity contribution in [1.29, 1.82) is 0 Å². The van der Waals surface area contributed by atoms with Crippen LogP contribution in [-0.2, 0) is 20.2 Å². The third-order valence-corrected chi connectivity index (χ3v) is 2.93. The van der Waals surface area contributed by atoms with Crippen LogP contribution >= 0.6 is 11.6 Å². The van der Waals surface area contributed by atoms with Crippen molar-refractivity contribution in [3.05, 3.63) is 46.7 Å². The first-order valence-corrected chi connectivity index (χ1v) is 5.68. The van der Waals surface area contributed by atoms with Gasteiger partial charge < -0.3 is 10.4 Å². The molecule has 5 heteroatoms. The number of aryl methyl sites for hydroxylation is 1. The summed E-state index contributed by atoms with van der Waals surface area (Å²) in [6.07, 6.45) is 1.75. The highest BCUT2D eigenvalue weighted by Gasteiger charge is 2.03. The zero-order chi connectivity index (χ0) is 12.3. The lowest BCUT2D eigenvalue weighted by molar-refractivity contribution is 0.282. The molecule has 17 heavy (non-hydrogen) atoms. The van der Waals surface area contributed by atoms with Crippen molar-refractivity contribution in [3.8, 4) is 0 Å². The van der Waals surface area contributed by atoms with E-state index in [0.717, 1.165) is 16.9 Å². The van der Waals surface area contributed by atoms with Gasteiger partial charge in [0.15, 0.2) is 0 Å². The molecule has 0 spiro atoms. The molecule has 0 bridgehead atoms. The van der Waals surface area contributed by atoms with E-state index in [0.29, 0.717) is 11.6 Å². The maximum Gasteiger partial charge on any atom is 0.0682 e. The Labute approximate surface area is 105 Å². The SMILES string of the molecule is Cn1nccc1CNc1cc(CO)ccc1Cl. The van der Waals surface area contributed by atoms with Crippen molar-refractivity contribution >= 4 is 17.3 Å². The lowest BCUT2D eigenvalue weighted by Gasteiger charge is -2.09. The molecule has 2 rings (SSSR count). The van der Waals surface area contributed by atoms with E-state index in [1.165, 1.54) is 0 Å². The predicted molar refractivity (Wildman–Crippen MR) is 67.9 cm³/mol. The lowest BCUT2D eigenvalue weighted by Crippen LogP contribution is -2.06. The van der Waals surface area contributed by atoms with Crippen molar-refractivity contribution in [2.75, 3.05) is 5.32 Å². The number of benzene rings is 1. The highest BCUT2D eigenvalue weighted by molar-refractivity contribution is 6.33. The number of hydrogen-bond acceptors (Lipinski definition) is 3. The van der Waals surface area contributed by atoms with Crippen LogP contribution in [0.2, 0.25) is 5.02 Å². The van der Waals surface area contributed by atoms with Gasteiger partial charge in [-0.15, -0.1) is 0 Å². The molecule has 2 aromatic rings. The molecule has 4 nitrogen and oxygen atoms in total. The van der Waals surface area contributed by atoms with Gasteiger partial charge in [-0.25, -0.2) is 0 Å². The highest BCUT2D eigenvalue weighted by Crippen LogP contribution is 2.23. The fraction of sp³-hybridized carbons (Fsp3) is 0.250. The van der Waals surface area contributed by atoms with Crippen molar-refractivity contribution in [1.82, 2.24) is 9.78 Å². The number of nitrogens with one attached hydrogen (secondary N) is 1. The lowest BCUT2D eigenvalue weighted by atomic mass is 10.2. The highest BCUT2D eigenvalue weighted by atomic mass is 35.5. The van der Waals surface area contributed by atoms with Gasteiger partial charge in [0.2, 0.25) is 0 Å². The van der Waals surface area contributed by atoms with Crippen LogP contribution in [0.5, 0.6) is 0 Å². The van der Waals surface area contributed by atoms with E-state index in [1.807, 2.05) is 19.2 Å². The average molecular weight is 252 g/mol.